The van der Waals surface area contributed by atoms with E-state index in [0.717, 1.165) is 0 Å². The Morgan fingerprint density at radius 2 is 1.92 bits per heavy atom. The van der Waals surface area contributed by atoms with Crippen LogP contribution >= 0.6 is 0 Å². The van der Waals surface area contributed by atoms with E-state index < -0.39 is 23.6 Å². The normalized spacial score (nSPS) is 13.5. The molecule has 0 rings (SSSR count). The summed E-state index contributed by atoms with van der Waals surface area (Å²) in [5.74, 6) is 2.60. The van der Waals surface area contributed by atoms with Gasteiger partial charge in [-0.15, -0.1) is 0 Å². The summed E-state index contributed by atoms with van der Waals surface area (Å²) in [5.41, 5.74) is 1.13. The van der Waals surface area contributed by atoms with E-state index in [-0.39, 0.29) is 0 Å². The van der Waals surface area contributed by atoms with Gasteiger partial charge in [0.25, 0.3) is 0 Å². The van der Waals surface area contributed by atoms with Gasteiger partial charge in [-0.1, -0.05) is 0 Å². The number of ether oxygens (including phenoxy) is 1. The summed E-state index contributed by atoms with van der Waals surface area (Å²) in [6, 6.07) is -1.51. The molecule has 13 heavy (non-hydrogen) atoms. The molecule has 1 atom stereocenters. The van der Waals surface area contributed by atoms with Crippen LogP contribution in [0.15, 0.2) is 0 Å². The van der Waals surface area contributed by atoms with Crippen LogP contribution in [-0.4, -0.2) is 28.7 Å². The molecule has 0 saturated heterocycles. The van der Waals surface area contributed by atoms with Crippen LogP contribution in [0.3, 0.4) is 0 Å². The van der Waals surface area contributed by atoms with E-state index in [2.05, 4.69) is 0 Å². The molecule has 0 amide bonds. The molecule has 0 spiro atoms. The Morgan fingerprint density at radius 1 is 1.46 bits per heavy atom. The predicted molar refractivity (Wildman–Crippen MR) is 44.6 cm³/mol. The number of carbonyl (C=O) groups excluding carboxylic acids is 1. The van der Waals surface area contributed by atoms with E-state index in [1.54, 1.807) is 20.8 Å². The Balaban J connectivity index is 4.32. The molecule has 0 aliphatic rings. The summed E-state index contributed by atoms with van der Waals surface area (Å²) in [4.78, 5) is 21.5. The first-order chi connectivity index (χ1) is 5.78. The Bertz CT molecular complexity index is 209. The standard InChI is InChI=1S/C7H14N2O4/c1-7(2,3)13-6(12)4(9-8)5(10)11/h4,9H,8H2,1-3H3,(H,10,11). The molecule has 0 aliphatic carbocycles. The second-order valence-corrected chi connectivity index (χ2v) is 3.47. The van der Waals surface area contributed by atoms with E-state index in [0.29, 0.717) is 0 Å². The zero-order valence-corrected chi connectivity index (χ0v) is 7.83. The van der Waals surface area contributed by atoms with E-state index in [1.807, 2.05) is 5.43 Å². The Kier molecular flexibility index (Phi) is 3.83. The molecule has 0 aromatic carbocycles. The summed E-state index contributed by atoms with van der Waals surface area (Å²) in [7, 11) is 0. The minimum atomic E-state index is -1.51. The van der Waals surface area contributed by atoms with Gasteiger partial charge in [0.1, 0.15) is 5.60 Å². The van der Waals surface area contributed by atoms with E-state index in [9.17, 15) is 9.59 Å². The molecule has 6 heteroatoms. The number of nitrogens with one attached hydrogen (secondary N) is 1. The maximum Gasteiger partial charge on any atom is 0.336 e. The fraction of sp³-hybridized carbons (Fsp3) is 0.714. The third-order valence-corrected chi connectivity index (χ3v) is 1.06. The molecule has 4 N–H and O–H groups in total. The highest BCUT2D eigenvalue weighted by Gasteiger charge is 2.29. The molecule has 0 radical (unpaired) electrons. The van der Waals surface area contributed by atoms with Crippen LogP contribution in [0.5, 0.6) is 0 Å². The monoisotopic (exact) mass is 190 g/mol. The zero-order chi connectivity index (χ0) is 10.6. The lowest BCUT2D eigenvalue weighted by Crippen LogP contribution is -2.49. The lowest BCUT2D eigenvalue weighted by atomic mass is 10.2. The topological polar surface area (TPSA) is 102 Å². The number of carboxylic acids is 1. The van der Waals surface area contributed by atoms with E-state index >= 15 is 0 Å². The molecule has 0 heterocycles. The second-order valence-electron chi connectivity index (χ2n) is 3.47. The van der Waals surface area contributed by atoms with Gasteiger partial charge in [0, 0.05) is 0 Å². The van der Waals surface area contributed by atoms with Crippen molar-refractivity contribution in [1.82, 2.24) is 5.43 Å². The van der Waals surface area contributed by atoms with Crippen molar-refractivity contribution in [2.45, 2.75) is 32.4 Å². The molecule has 0 aromatic rings. The third-order valence-electron chi connectivity index (χ3n) is 1.06. The van der Waals surface area contributed by atoms with Gasteiger partial charge in [0.05, 0.1) is 0 Å². The molecular formula is C7H14N2O4. The van der Waals surface area contributed by atoms with Gasteiger partial charge in [0.2, 0.25) is 6.04 Å². The number of esters is 1. The minimum absolute atomic E-state index is 0.721. The summed E-state index contributed by atoms with van der Waals surface area (Å²) < 4.78 is 4.79. The fourth-order valence-electron chi connectivity index (χ4n) is 0.601. The number of carbonyl (C=O) groups is 2. The highest BCUT2D eigenvalue weighted by atomic mass is 16.6. The van der Waals surface area contributed by atoms with Crippen LogP contribution in [0.1, 0.15) is 20.8 Å². The Hall–Kier alpha value is -1.14. The Labute approximate surface area is 76.0 Å². The average molecular weight is 190 g/mol. The predicted octanol–water partition coefficient (Wildman–Crippen LogP) is -0.755. The third kappa shape index (κ3) is 4.44. The molecule has 0 aromatic heterocycles. The summed E-state index contributed by atoms with van der Waals surface area (Å²) in [6.07, 6.45) is 0. The smallest absolute Gasteiger partial charge is 0.336 e. The summed E-state index contributed by atoms with van der Waals surface area (Å²) >= 11 is 0. The molecule has 1 unspecified atom stereocenters. The molecule has 0 aliphatic heterocycles. The summed E-state index contributed by atoms with van der Waals surface area (Å²) in [5, 5.41) is 8.50. The molecule has 0 saturated carbocycles. The highest BCUT2D eigenvalue weighted by molar-refractivity contribution is 5.98. The lowest BCUT2D eigenvalue weighted by molar-refractivity contribution is -0.163. The summed E-state index contributed by atoms with van der Waals surface area (Å²) in [6.45, 7) is 4.92. The molecule has 6 nitrogen and oxygen atoms in total. The van der Waals surface area contributed by atoms with Crippen LogP contribution < -0.4 is 11.3 Å². The first kappa shape index (κ1) is 11.9. The van der Waals surface area contributed by atoms with Crippen molar-refractivity contribution in [3.8, 4) is 0 Å². The average Bonchev–Trinajstić information content (AvgIpc) is 1.82. The van der Waals surface area contributed by atoms with Crippen molar-refractivity contribution in [2.24, 2.45) is 5.84 Å². The number of rotatable bonds is 3. The van der Waals surface area contributed by atoms with Crippen LogP contribution in [0.25, 0.3) is 0 Å². The number of hydrogen-bond acceptors (Lipinski definition) is 5. The van der Waals surface area contributed by atoms with Gasteiger partial charge >= 0.3 is 11.9 Å². The van der Waals surface area contributed by atoms with Gasteiger partial charge in [0.15, 0.2) is 0 Å². The maximum absolute atomic E-state index is 11.1. The SMILES string of the molecule is CC(C)(C)OC(=O)C(NN)C(=O)O. The van der Waals surface area contributed by atoms with Crippen LogP contribution in [0.4, 0.5) is 0 Å². The number of nitrogens with two attached hydrogens (primary N) is 1. The largest absolute Gasteiger partial charge is 0.480 e. The van der Waals surface area contributed by atoms with E-state index in [1.165, 1.54) is 0 Å². The first-order valence-electron chi connectivity index (χ1n) is 3.69. The molecule has 76 valence electrons. The van der Waals surface area contributed by atoms with Crippen molar-refractivity contribution in [2.75, 3.05) is 0 Å². The van der Waals surface area contributed by atoms with Crippen molar-refractivity contribution >= 4 is 11.9 Å². The van der Waals surface area contributed by atoms with Gasteiger partial charge in [-0.25, -0.2) is 15.0 Å². The van der Waals surface area contributed by atoms with Crippen molar-refractivity contribution in [3.63, 3.8) is 0 Å². The van der Waals surface area contributed by atoms with E-state index in [4.69, 9.17) is 15.7 Å². The van der Waals surface area contributed by atoms with Crippen molar-refractivity contribution in [3.05, 3.63) is 0 Å². The number of hydrogen-bond donors (Lipinski definition) is 3. The number of carboxylic acid groups (broad SMARTS) is 1. The van der Waals surface area contributed by atoms with Crippen LogP contribution in [0.2, 0.25) is 0 Å². The van der Waals surface area contributed by atoms with Crippen molar-refractivity contribution in [1.29, 1.82) is 0 Å². The van der Waals surface area contributed by atoms with Gasteiger partial charge in [-0.05, 0) is 20.8 Å². The quantitative estimate of drug-likeness (QED) is 0.234. The zero-order valence-electron chi connectivity index (χ0n) is 7.83. The fourth-order valence-corrected chi connectivity index (χ4v) is 0.601. The van der Waals surface area contributed by atoms with Crippen LogP contribution in [0, 0.1) is 0 Å². The lowest BCUT2D eigenvalue weighted by Gasteiger charge is -2.21. The van der Waals surface area contributed by atoms with Gasteiger partial charge < -0.3 is 9.84 Å². The Morgan fingerprint density at radius 3 is 2.15 bits per heavy atom. The van der Waals surface area contributed by atoms with Gasteiger partial charge in [-0.3, -0.25) is 5.84 Å². The maximum atomic E-state index is 11.1. The first-order valence-corrected chi connectivity index (χ1v) is 3.69. The second kappa shape index (κ2) is 4.20. The van der Waals surface area contributed by atoms with Crippen molar-refractivity contribution < 1.29 is 19.4 Å². The molecule has 0 fully saturated rings. The molecular weight excluding hydrogens is 176 g/mol. The number of aliphatic carboxylic acids is 1. The molecule has 0 bridgehead atoms. The number of hydrazine groups is 1. The highest BCUT2D eigenvalue weighted by Crippen LogP contribution is 2.08. The minimum Gasteiger partial charge on any atom is -0.480 e. The van der Waals surface area contributed by atoms with Gasteiger partial charge in [-0.2, -0.15) is 0 Å². The van der Waals surface area contributed by atoms with Crippen LogP contribution in [-0.2, 0) is 14.3 Å².